The SMILES string of the molecule is c1ccc2c(c1)-c1cccnc1[C@@H]1O[C@H]21. The second-order valence-corrected chi connectivity index (χ2v) is 4.00. The first kappa shape index (κ1) is 7.60. The van der Waals surface area contributed by atoms with Crippen molar-refractivity contribution in [2.45, 2.75) is 12.2 Å². The van der Waals surface area contributed by atoms with Gasteiger partial charge in [0.25, 0.3) is 0 Å². The predicted octanol–water partition coefficient (Wildman–Crippen LogP) is 2.87. The van der Waals surface area contributed by atoms with E-state index in [9.17, 15) is 0 Å². The first-order valence-electron chi connectivity index (χ1n) is 5.15. The maximum absolute atomic E-state index is 5.67. The molecule has 1 aliphatic heterocycles. The molecule has 0 radical (unpaired) electrons. The Labute approximate surface area is 87.5 Å². The van der Waals surface area contributed by atoms with Gasteiger partial charge in [0.1, 0.15) is 12.2 Å². The number of epoxide rings is 1. The Hall–Kier alpha value is -1.67. The molecule has 1 saturated heterocycles. The smallest absolute Gasteiger partial charge is 0.131 e. The summed E-state index contributed by atoms with van der Waals surface area (Å²) in [6.45, 7) is 0. The van der Waals surface area contributed by atoms with Crippen LogP contribution in [0.3, 0.4) is 0 Å². The van der Waals surface area contributed by atoms with Gasteiger partial charge in [0.2, 0.25) is 0 Å². The van der Waals surface area contributed by atoms with E-state index in [1.54, 1.807) is 0 Å². The molecule has 0 N–H and O–H groups in total. The summed E-state index contributed by atoms with van der Waals surface area (Å²) < 4.78 is 5.67. The van der Waals surface area contributed by atoms with Gasteiger partial charge in [-0.2, -0.15) is 0 Å². The zero-order valence-corrected chi connectivity index (χ0v) is 8.05. The van der Waals surface area contributed by atoms with Gasteiger partial charge in [0.15, 0.2) is 0 Å². The van der Waals surface area contributed by atoms with Crippen LogP contribution in [0.4, 0.5) is 0 Å². The molecule has 2 nitrogen and oxygen atoms in total. The number of nitrogens with zero attached hydrogens (tertiary/aromatic N) is 1. The zero-order valence-electron chi connectivity index (χ0n) is 8.05. The molecule has 0 bridgehead atoms. The topological polar surface area (TPSA) is 25.4 Å². The summed E-state index contributed by atoms with van der Waals surface area (Å²) in [6.07, 6.45) is 2.30. The van der Waals surface area contributed by atoms with Crippen molar-refractivity contribution in [1.82, 2.24) is 4.98 Å². The fourth-order valence-electron chi connectivity index (χ4n) is 2.42. The summed E-state index contributed by atoms with van der Waals surface area (Å²) in [5, 5.41) is 0. The summed E-state index contributed by atoms with van der Waals surface area (Å²) in [5.74, 6) is 0. The normalized spacial score (nSPS) is 25.1. The minimum atomic E-state index is 0.205. The molecule has 0 saturated carbocycles. The van der Waals surface area contributed by atoms with Crippen LogP contribution in [0.15, 0.2) is 42.6 Å². The fourth-order valence-corrected chi connectivity index (χ4v) is 2.42. The van der Waals surface area contributed by atoms with Crippen molar-refractivity contribution in [2.75, 3.05) is 0 Å². The fraction of sp³-hybridized carbons (Fsp3) is 0.154. The van der Waals surface area contributed by atoms with Crippen LogP contribution < -0.4 is 0 Å². The number of hydrogen-bond acceptors (Lipinski definition) is 2. The van der Waals surface area contributed by atoms with Crippen molar-refractivity contribution in [3.63, 3.8) is 0 Å². The van der Waals surface area contributed by atoms with Crippen LogP contribution in [-0.2, 0) is 4.74 Å². The molecule has 1 fully saturated rings. The van der Waals surface area contributed by atoms with Crippen LogP contribution in [0.2, 0.25) is 0 Å². The van der Waals surface area contributed by atoms with Gasteiger partial charge in [-0.1, -0.05) is 30.3 Å². The van der Waals surface area contributed by atoms with Crippen LogP contribution in [0.1, 0.15) is 23.5 Å². The Bertz CT molecular complexity index is 500. The van der Waals surface area contributed by atoms with E-state index in [0.29, 0.717) is 0 Å². The third kappa shape index (κ3) is 0.896. The molecular formula is C13H9NO. The van der Waals surface area contributed by atoms with Crippen LogP contribution >= 0.6 is 0 Å². The van der Waals surface area contributed by atoms with Crippen molar-refractivity contribution in [3.8, 4) is 11.1 Å². The lowest BCUT2D eigenvalue weighted by Crippen LogP contribution is -2.00. The monoisotopic (exact) mass is 195 g/mol. The molecule has 2 aromatic rings. The molecular weight excluding hydrogens is 186 g/mol. The third-order valence-electron chi connectivity index (χ3n) is 3.16. The number of aromatic nitrogens is 1. The summed E-state index contributed by atoms with van der Waals surface area (Å²) in [6, 6.07) is 12.5. The molecule has 2 aliphatic rings. The quantitative estimate of drug-likeness (QED) is 0.604. The Morgan fingerprint density at radius 2 is 1.80 bits per heavy atom. The first-order valence-corrected chi connectivity index (χ1v) is 5.15. The highest BCUT2D eigenvalue weighted by Crippen LogP contribution is 2.58. The van der Waals surface area contributed by atoms with Crippen LogP contribution in [0.25, 0.3) is 11.1 Å². The Morgan fingerprint density at radius 3 is 2.80 bits per heavy atom. The predicted molar refractivity (Wildman–Crippen MR) is 56.2 cm³/mol. The van der Waals surface area contributed by atoms with E-state index in [2.05, 4.69) is 35.3 Å². The highest BCUT2D eigenvalue weighted by molar-refractivity contribution is 5.74. The lowest BCUT2D eigenvalue weighted by Gasteiger charge is -2.14. The molecule has 4 rings (SSSR count). The molecule has 0 spiro atoms. The third-order valence-corrected chi connectivity index (χ3v) is 3.16. The minimum absolute atomic E-state index is 0.205. The van der Waals surface area contributed by atoms with Crippen LogP contribution in [-0.4, -0.2) is 4.98 Å². The molecule has 2 atom stereocenters. The minimum Gasteiger partial charge on any atom is -0.358 e. The van der Waals surface area contributed by atoms with Crippen molar-refractivity contribution < 1.29 is 4.74 Å². The maximum Gasteiger partial charge on any atom is 0.131 e. The van der Waals surface area contributed by atoms with Crippen LogP contribution in [0, 0.1) is 0 Å². The van der Waals surface area contributed by atoms with Crippen molar-refractivity contribution in [2.24, 2.45) is 0 Å². The summed E-state index contributed by atoms with van der Waals surface area (Å²) in [4.78, 5) is 4.42. The van der Waals surface area contributed by atoms with Crippen LogP contribution in [0.5, 0.6) is 0 Å². The number of rotatable bonds is 0. The van der Waals surface area contributed by atoms with Gasteiger partial charge in [-0.15, -0.1) is 0 Å². The summed E-state index contributed by atoms with van der Waals surface area (Å²) in [7, 11) is 0. The summed E-state index contributed by atoms with van der Waals surface area (Å²) >= 11 is 0. The molecule has 72 valence electrons. The van der Waals surface area contributed by atoms with Gasteiger partial charge in [-0.3, -0.25) is 4.98 Å². The Balaban J connectivity index is 2.09. The largest absolute Gasteiger partial charge is 0.358 e. The number of fused-ring (bicyclic) bond motifs is 6. The van der Waals surface area contributed by atoms with Crippen molar-refractivity contribution in [1.29, 1.82) is 0 Å². The van der Waals surface area contributed by atoms with E-state index < -0.39 is 0 Å². The maximum atomic E-state index is 5.67. The average molecular weight is 195 g/mol. The van der Waals surface area contributed by atoms with E-state index in [4.69, 9.17) is 4.74 Å². The molecule has 1 aromatic carbocycles. The van der Waals surface area contributed by atoms with E-state index in [1.807, 2.05) is 12.3 Å². The molecule has 2 heterocycles. The molecule has 1 aromatic heterocycles. The molecule has 15 heavy (non-hydrogen) atoms. The molecule has 0 amide bonds. The first-order chi connectivity index (χ1) is 7.45. The molecule has 0 unspecified atom stereocenters. The van der Waals surface area contributed by atoms with Gasteiger partial charge >= 0.3 is 0 Å². The van der Waals surface area contributed by atoms with E-state index in [0.717, 1.165) is 5.69 Å². The summed E-state index contributed by atoms with van der Waals surface area (Å²) in [5.41, 5.74) is 4.91. The Morgan fingerprint density at radius 1 is 0.933 bits per heavy atom. The zero-order chi connectivity index (χ0) is 9.83. The van der Waals surface area contributed by atoms with E-state index in [1.165, 1.54) is 16.7 Å². The average Bonchev–Trinajstić information content (AvgIpc) is 3.10. The van der Waals surface area contributed by atoms with Gasteiger partial charge in [0, 0.05) is 11.8 Å². The highest BCUT2D eigenvalue weighted by Gasteiger charge is 2.48. The van der Waals surface area contributed by atoms with E-state index >= 15 is 0 Å². The van der Waals surface area contributed by atoms with Crippen molar-refractivity contribution >= 4 is 0 Å². The number of ether oxygens (including phenoxy) is 1. The number of benzene rings is 1. The van der Waals surface area contributed by atoms with Gasteiger partial charge in [0.05, 0.1) is 5.69 Å². The lowest BCUT2D eigenvalue weighted by molar-refractivity contribution is 0.377. The number of hydrogen-bond donors (Lipinski definition) is 0. The second kappa shape index (κ2) is 2.47. The number of pyridine rings is 1. The van der Waals surface area contributed by atoms with E-state index in [-0.39, 0.29) is 12.2 Å². The lowest BCUT2D eigenvalue weighted by atomic mass is 9.89. The molecule has 2 heteroatoms. The molecule has 1 aliphatic carbocycles. The van der Waals surface area contributed by atoms with Gasteiger partial charge in [-0.25, -0.2) is 0 Å². The Kier molecular flexibility index (Phi) is 1.25. The van der Waals surface area contributed by atoms with Gasteiger partial charge in [-0.05, 0) is 17.2 Å². The van der Waals surface area contributed by atoms with Crippen molar-refractivity contribution in [3.05, 3.63) is 53.9 Å². The second-order valence-electron chi connectivity index (χ2n) is 4.00. The standard InChI is InChI=1S/C13H9NO/c1-2-5-10-8(4-1)9-6-3-7-14-11(9)13-12(10)15-13/h1-7,12-13H/t12-,13+/m1/s1. The van der Waals surface area contributed by atoms with Gasteiger partial charge < -0.3 is 4.74 Å². The highest BCUT2D eigenvalue weighted by atomic mass is 16.6.